The molecule has 1 atom stereocenters. The lowest BCUT2D eigenvalue weighted by molar-refractivity contribution is 0.660. The molecule has 2 aliphatic carbocycles. The molecule has 2 aliphatic rings. The molecular weight excluding hydrogens is 651 g/mol. The van der Waals surface area contributed by atoms with E-state index >= 15 is 0 Å². The third kappa shape index (κ3) is 4.71. The predicted molar refractivity (Wildman–Crippen MR) is 227 cm³/mol. The molecule has 0 fully saturated rings. The van der Waals surface area contributed by atoms with Gasteiger partial charge in [-0.25, -0.2) is 0 Å². The Bertz CT molecular complexity index is 2690. The Balaban J connectivity index is 1.30. The Labute approximate surface area is 318 Å². The van der Waals surface area contributed by atoms with Crippen molar-refractivity contribution in [2.24, 2.45) is 0 Å². The van der Waals surface area contributed by atoms with E-state index in [0.717, 1.165) is 11.4 Å². The van der Waals surface area contributed by atoms with Gasteiger partial charge in [0.25, 0.3) is 0 Å². The Hall–Kier alpha value is -6.44. The lowest BCUT2D eigenvalue weighted by Crippen LogP contribution is -2.23. The van der Waals surface area contributed by atoms with Gasteiger partial charge in [0.2, 0.25) is 0 Å². The molecule has 0 aliphatic heterocycles. The number of hydrogen-bond donors (Lipinski definition) is 0. The largest absolute Gasteiger partial charge is 0.310 e. The summed E-state index contributed by atoms with van der Waals surface area (Å²) in [6.45, 7) is 7.19. The average molecular weight is 692 g/mol. The van der Waals surface area contributed by atoms with Crippen molar-refractivity contribution in [1.29, 1.82) is 0 Å². The van der Waals surface area contributed by atoms with E-state index in [-0.39, 0.29) is 10.8 Å². The summed E-state index contributed by atoms with van der Waals surface area (Å²) in [6, 6.07) is 71.7. The fraction of sp³-hybridized carbons (Fsp3) is 0.0943. The quantitative estimate of drug-likeness (QED) is 0.168. The third-order valence-electron chi connectivity index (χ3n) is 12.1. The van der Waals surface area contributed by atoms with Crippen LogP contribution in [0.4, 0.5) is 17.1 Å². The summed E-state index contributed by atoms with van der Waals surface area (Å²) >= 11 is 0. The van der Waals surface area contributed by atoms with Crippen LogP contribution in [0.25, 0.3) is 44.5 Å². The normalized spacial score (nSPS) is 15.9. The Kier molecular flexibility index (Phi) is 7.35. The van der Waals surface area contributed by atoms with Gasteiger partial charge < -0.3 is 4.90 Å². The molecule has 0 N–H and O–H groups in total. The number of fused-ring (bicyclic) bond motifs is 6. The molecular formula is C53H41N. The smallest absolute Gasteiger partial charge is 0.0546 e. The van der Waals surface area contributed by atoms with Crippen molar-refractivity contribution >= 4 is 17.1 Å². The summed E-state index contributed by atoms with van der Waals surface area (Å²) in [7, 11) is 0. The van der Waals surface area contributed by atoms with Crippen LogP contribution in [0.15, 0.2) is 194 Å². The van der Waals surface area contributed by atoms with E-state index in [1.165, 1.54) is 78.0 Å². The number of benzene rings is 8. The highest BCUT2D eigenvalue weighted by Gasteiger charge is 2.42. The first-order valence-corrected chi connectivity index (χ1v) is 19.0. The van der Waals surface area contributed by atoms with Gasteiger partial charge in [-0.3, -0.25) is 0 Å². The van der Waals surface area contributed by atoms with E-state index in [2.05, 4.69) is 220 Å². The van der Waals surface area contributed by atoms with Gasteiger partial charge in [-0.15, -0.1) is 0 Å². The third-order valence-corrected chi connectivity index (χ3v) is 12.1. The van der Waals surface area contributed by atoms with Crippen LogP contribution in [-0.2, 0) is 10.8 Å². The molecule has 54 heavy (non-hydrogen) atoms. The van der Waals surface area contributed by atoms with Gasteiger partial charge in [0, 0.05) is 22.1 Å². The molecule has 8 aromatic rings. The second kappa shape index (κ2) is 12.3. The van der Waals surface area contributed by atoms with Crippen LogP contribution in [0, 0.1) is 0 Å². The highest BCUT2D eigenvalue weighted by atomic mass is 15.1. The van der Waals surface area contributed by atoms with Crippen LogP contribution in [0.1, 0.15) is 48.6 Å². The van der Waals surface area contributed by atoms with Crippen molar-refractivity contribution in [3.05, 3.63) is 222 Å². The summed E-state index contributed by atoms with van der Waals surface area (Å²) in [6.07, 6.45) is 0. The highest BCUT2D eigenvalue weighted by molar-refractivity contribution is 5.99. The monoisotopic (exact) mass is 691 g/mol. The van der Waals surface area contributed by atoms with Crippen LogP contribution < -0.4 is 4.90 Å². The van der Waals surface area contributed by atoms with Gasteiger partial charge >= 0.3 is 0 Å². The highest BCUT2D eigenvalue weighted by Crippen LogP contribution is 2.58. The first kappa shape index (κ1) is 32.2. The zero-order valence-electron chi connectivity index (χ0n) is 30.9. The SMILES string of the molecule is CC1(C)c2ccccc2-c2cccc(N(c3ccc4c(c3)C(C)(c3ccccc3)c3ccccc3-4)c3cccc(-c4ccccc4)c3-c3ccccc3)c21. The molecule has 0 amide bonds. The summed E-state index contributed by atoms with van der Waals surface area (Å²) < 4.78 is 0. The number of anilines is 3. The van der Waals surface area contributed by atoms with Crippen LogP contribution in [-0.4, -0.2) is 0 Å². The van der Waals surface area contributed by atoms with Crippen LogP contribution in [0.3, 0.4) is 0 Å². The Morgan fingerprint density at radius 3 is 1.59 bits per heavy atom. The average Bonchev–Trinajstić information content (AvgIpc) is 3.63. The van der Waals surface area contributed by atoms with Crippen molar-refractivity contribution in [2.45, 2.75) is 31.6 Å². The molecule has 1 nitrogen and oxygen atoms in total. The Morgan fingerprint density at radius 1 is 0.370 bits per heavy atom. The lowest BCUT2D eigenvalue weighted by Gasteiger charge is -2.35. The maximum atomic E-state index is 2.57. The lowest BCUT2D eigenvalue weighted by atomic mass is 9.74. The molecule has 0 saturated heterocycles. The van der Waals surface area contributed by atoms with Crippen molar-refractivity contribution < 1.29 is 0 Å². The minimum atomic E-state index is -0.322. The second-order valence-electron chi connectivity index (χ2n) is 15.4. The van der Waals surface area contributed by atoms with E-state index in [4.69, 9.17) is 0 Å². The van der Waals surface area contributed by atoms with Gasteiger partial charge in [0.05, 0.1) is 11.4 Å². The summed E-state index contributed by atoms with van der Waals surface area (Å²) in [5.74, 6) is 0. The molecule has 258 valence electrons. The van der Waals surface area contributed by atoms with Crippen LogP contribution in [0.5, 0.6) is 0 Å². The summed E-state index contributed by atoms with van der Waals surface area (Å²) in [5.41, 5.74) is 19.7. The van der Waals surface area contributed by atoms with E-state index in [1.54, 1.807) is 0 Å². The number of rotatable bonds is 6. The van der Waals surface area contributed by atoms with E-state index < -0.39 is 0 Å². The van der Waals surface area contributed by atoms with Gasteiger partial charge in [-0.1, -0.05) is 184 Å². The topological polar surface area (TPSA) is 3.24 Å². The van der Waals surface area contributed by atoms with Crippen molar-refractivity contribution in [1.82, 2.24) is 0 Å². The maximum absolute atomic E-state index is 2.57. The molecule has 1 heteroatoms. The molecule has 0 aromatic heterocycles. The Morgan fingerprint density at radius 2 is 0.889 bits per heavy atom. The van der Waals surface area contributed by atoms with E-state index in [0.29, 0.717) is 0 Å². The molecule has 0 radical (unpaired) electrons. The van der Waals surface area contributed by atoms with Gasteiger partial charge in [-0.2, -0.15) is 0 Å². The molecule has 1 unspecified atom stereocenters. The van der Waals surface area contributed by atoms with E-state index in [9.17, 15) is 0 Å². The fourth-order valence-corrected chi connectivity index (χ4v) is 9.61. The molecule has 0 bridgehead atoms. The molecule has 8 aromatic carbocycles. The zero-order chi connectivity index (χ0) is 36.4. The van der Waals surface area contributed by atoms with Gasteiger partial charge in [0.1, 0.15) is 0 Å². The van der Waals surface area contributed by atoms with Crippen molar-refractivity contribution in [3.8, 4) is 44.5 Å². The second-order valence-corrected chi connectivity index (χ2v) is 15.4. The molecule has 10 rings (SSSR count). The summed E-state index contributed by atoms with van der Waals surface area (Å²) in [4.78, 5) is 2.57. The zero-order valence-corrected chi connectivity index (χ0v) is 30.9. The molecule has 0 heterocycles. The van der Waals surface area contributed by atoms with Crippen molar-refractivity contribution in [3.63, 3.8) is 0 Å². The number of hydrogen-bond acceptors (Lipinski definition) is 1. The van der Waals surface area contributed by atoms with E-state index in [1.807, 2.05) is 0 Å². The van der Waals surface area contributed by atoms with Gasteiger partial charge in [-0.05, 0) is 98.0 Å². The number of nitrogens with zero attached hydrogens (tertiary/aromatic N) is 1. The van der Waals surface area contributed by atoms with Crippen molar-refractivity contribution in [2.75, 3.05) is 4.90 Å². The summed E-state index contributed by atoms with van der Waals surface area (Å²) in [5, 5.41) is 0. The first-order chi connectivity index (χ1) is 26.5. The standard InChI is InChI=1S/C53H41N/c1-52(2)45-29-15-13-26-42(45)44-28-18-32-49(51(44)52)54(48-31-17-27-40(36-19-7-4-8-20-36)50(48)37-21-9-5-10-22-37)39-33-34-43-41-25-14-16-30-46(41)53(3,47(43)35-39)38-23-11-6-12-24-38/h4-35H,1-3H3. The van der Waals surface area contributed by atoms with Gasteiger partial charge in [0.15, 0.2) is 0 Å². The van der Waals surface area contributed by atoms with Crippen LogP contribution >= 0.6 is 0 Å². The molecule has 0 spiro atoms. The maximum Gasteiger partial charge on any atom is 0.0546 e. The van der Waals surface area contributed by atoms with Crippen LogP contribution in [0.2, 0.25) is 0 Å². The minimum Gasteiger partial charge on any atom is -0.310 e. The molecule has 0 saturated carbocycles. The predicted octanol–water partition coefficient (Wildman–Crippen LogP) is 14.1. The fourth-order valence-electron chi connectivity index (χ4n) is 9.61. The first-order valence-electron chi connectivity index (χ1n) is 19.0. The minimum absolute atomic E-state index is 0.212.